The minimum Gasteiger partial charge on any atom is -0.454 e. The van der Waals surface area contributed by atoms with Crippen molar-refractivity contribution in [1.29, 1.82) is 0 Å². The number of aromatic nitrogens is 4. The number of hydrogen-bond acceptors (Lipinski definition) is 8. The average molecular weight is 470 g/mol. The van der Waals surface area contributed by atoms with Gasteiger partial charge >= 0.3 is 11.7 Å². The van der Waals surface area contributed by atoms with E-state index in [4.69, 9.17) is 4.74 Å². The van der Waals surface area contributed by atoms with Gasteiger partial charge in [-0.3, -0.25) is 23.5 Å². The predicted molar refractivity (Wildman–Crippen MR) is 115 cm³/mol. The summed E-state index contributed by atoms with van der Waals surface area (Å²) in [7, 11) is -0.396. The Balaban J connectivity index is 1.72. The zero-order valence-electron chi connectivity index (χ0n) is 18.5. The molecular formula is C19H27N5O7S. The highest BCUT2D eigenvalue weighted by Gasteiger charge is 2.36. The van der Waals surface area contributed by atoms with Gasteiger partial charge in [-0.2, -0.15) is 0 Å². The largest absolute Gasteiger partial charge is 0.454 e. The number of hydrogen-bond donors (Lipinski definition) is 0. The third-order valence-electron chi connectivity index (χ3n) is 5.83. The second kappa shape index (κ2) is 8.88. The summed E-state index contributed by atoms with van der Waals surface area (Å²) in [5, 5.41) is 0. The molecule has 0 unspecified atom stereocenters. The summed E-state index contributed by atoms with van der Waals surface area (Å²) in [6.07, 6.45) is 2.23. The number of ether oxygens (including phenoxy) is 1. The first kappa shape index (κ1) is 23.7. The number of aryl methyl sites for hydroxylation is 1. The van der Waals surface area contributed by atoms with E-state index in [1.54, 1.807) is 0 Å². The molecule has 0 N–H and O–H groups in total. The summed E-state index contributed by atoms with van der Waals surface area (Å²) in [4.78, 5) is 55.2. The molecule has 176 valence electrons. The Morgan fingerprint density at radius 2 is 1.97 bits per heavy atom. The molecule has 13 heteroatoms. The number of amides is 1. The van der Waals surface area contributed by atoms with Gasteiger partial charge in [0.25, 0.3) is 11.5 Å². The van der Waals surface area contributed by atoms with Crippen LogP contribution < -0.4 is 11.2 Å². The quantitative estimate of drug-likeness (QED) is 0.460. The molecule has 1 amide bonds. The molecule has 0 saturated carbocycles. The molecule has 0 aliphatic carbocycles. The summed E-state index contributed by atoms with van der Waals surface area (Å²) in [5.41, 5.74) is -0.947. The van der Waals surface area contributed by atoms with E-state index in [0.29, 0.717) is 12.8 Å². The van der Waals surface area contributed by atoms with Gasteiger partial charge in [0.1, 0.15) is 6.54 Å². The maximum atomic E-state index is 12.8. The lowest BCUT2D eigenvalue weighted by Crippen LogP contribution is -2.48. The molecule has 1 saturated heterocycles. The van der Waals surface area contributed by atoms with Crippen molar-refractivity contribution in [2.45, 2.75) is 45.3 Å². The smallest absolute Gasteiger partial charge is 0.332 e. The normalized spacial score (nSPS) is 18.6. The summed E-state index contributed by atoms with van der Waals surface area (Å²) in [6.45, 7) is 2.79. The SMILES string of the molecule is CC[C@@H](C)N(C(=O)COC(=O)Cn1cnc2c1c(=O)n(C)c(=O)n2C)[C@@H]1CCS(=O)(=O)C1. The number of fused-ring (bicyclic) bond motifs is 1. The number of esters is 1. The first-order chi connectivity index (χ1) is 15.0. The van der Waals surface area contributed by atoms with Crippen LogP contribution in [-0.4, -0.2) is 74.1 Å². The molecular weight excluding hydrogens is 442 g/mol. The topological polar surface area (TPSA) is 143 Å². The number of carbonyl (C=O) groups is 2. The van der Waals surface area contributed by atoms with Crippen LogP contribution in [0.1, 0.15) is 26.7 Å². The molecule has 12 nitrogen and oxygen atoms in total. The molecule has 1 aliphatic rings. The van der Waals surface area contributed by atoms with Crippen LogP contribution in [0, 0.1) is 0 Å². The molecule has 0 aromatic carbocycles. The van der Waals surface area contributed by atoms with Gasteiger partial charge in [0, 0.05) is 26.2 Å². The molecule has 3 rings (SSSR count). The Labute approximate surface area is 184 Å². The van der Waals surface area contributed by atoms with Crippen LogP contribution in [0.5, 0.6) is 0 Å². The average Bonchev–Trinajstić information content (AvgIpc) is 3.32. The Hall–Kier alpha value is -2.96. The van der Waals surface area contributed by atoms with E-state index in [1.807, 2.05) is 13.8 Å². The number of sulfone groups is 1. The van der Waals surface area contributed by atoms with E-state index in [1.165, 1.54) is 34.5 Å². The van der Waals surface area contributed by atoms with Crippen LogP contribution >= 0.6 is 0 Å². The third-order valence-corrected chi connectivity index (χ3v) is 7.58. The van der Waals surface area contributed by atoms with Crippen LogP contribution in [0.15, 0.2) is 15.9 Å². The molecule has 0 spiro atoms. The number of carbonyl (C=O) groups excluding carboxylic acids is 2. The Morgan fingerprint density at radius 3 is 2.56 bits per heavy atom. The first-order valence-corrected chi connectivity index (χ1v) is 12.1. The van der Waals surface area contributed by atoms with Crippen molar-refractivity contribution in [3.63, 3.8) is 0 Å². The Morgan fingerprint density at radius 1 is 1.28 bits per heavy atom. The van der Waals surface area contributed by atoms with E-state index in [2.05, 4.69) is 4.98 Å². The lowest BCUT2D eigenvalue weighted by atomic mass is 10.1. The maximum absolute atomic E-state index is 12.8. The van der Waals surface area contributed by atoms with Crippen LogP contribution in [0.2, 0.25) is 0 Å². The zero-order valence-corrected chi connectivity index (χ0v) is 19.3. The summed E-state index contributed by atoms with van der Waals surface area (Å²) >= 11 is 0. The van der Waals surface area contributed by atoms with Crippen molar-refractivity contribution in [2.75, 3.05) is 18.1 Å². The molecule has 2 aromatic heterocycles. The van der Waals surface area contributed by atoms with Crippen molar-refractivity contribution in [2.24, 2.45) is 14.1 Å². The van der Waals surface area contributed by atoms with Gasteiger partial charge in [-0.15, -0.1) is 0 Å². The van der Waals surface area contributed by atoms with Gasteiger partial charge in [0.05, 0.1) is 17.8 Å². The van der Waals surface area contributed by atoms with E-state index in [-0.39, 0.29) is 35.3 Å². The van der Waals surface area contributed by atoms with E-state index >= 15 is 0 Å². The van der Waals surface area contributed by atoms with E-state index in [0.717, 1.165) is 4.57 Å². The number of imidazole rings is 1. The molecule has 3 heterocycles. The maximum Gasteiger partial charge on any atom is 0.332 e. The highest BCUT2D eigenvalue weighted by Crippen LogP contribution is 2.21. The van der Waals surface area contributed by atoms with Gasteiger partial charge in [0.2, 0.25) is 0 Å². The predicted octanol–water partition coefficient (Wildman–Crippen LogP) is -1.21. The van der Waals surface area contributed by atoms with Crippen molar-refractivity contribution >= 4 is 32.9 Å². The first-order valence-electron chi connectivity index (χ1n) is 10.2. The fraction of sp³-hybridized carbons (Fsp3) is 0.632. The van der Waals surface area contributed by atoms with Crippen LogP contribution in [-0.2, 0) is 44.8 Å². The Kier molecular flexibility index (Phi) is 6.58. The fourth-order valence-electron chi connectivity index (χ4n) is 3.92. The standard InChI is InChI=1S/C19H27N5O7S/c1-5-12(2)24(13-6-7-32(29,30)10-13)14(25)9-31-15(26)8-23-11-20-17-16(23)18(27)22(4)19(28)21(17)3/h11-13H,5-10H2,1-4H3/t12-,13-/m1/s1. The molecule has 2 atom stereocenters. The van der Waals surface area contributed by atoms with Gasteiger partial charge in [0.15, 0.2) is 27.6 Å². The Bertz CT molecular complexity index is 1270. The number of nitrogens with zero attached hydrogens (tertiary/aromatic N) is 5. The van der Waals surface area contributed by atoms with Crippen LogP contribution in [0.25, 0.3) is 11.2 Å². The highest BCUT2D eigenvalue weighted by molar-refractivity contribution is 7.91. The van der Waals surface area contributed by atoms with E-state index in [9.17, 15) is 27.6 Å². The lowest BCUT2D eigenvalue weighted by Gasteiger charge is -2.33. The fourth-order valence-corrected chi connectivity index (χ4v) is 5.63. The second-order valence-corrected chi connectivity index (χ2v) is 10.3. The molecule has 1 aliphatic heterocycles. The molecule has 0 radical (unpaired) electrons. The van der Waals surface area contributed by atoms with Crippen molar-refractivity contribution < 1.29 is 22.7 Å². The van der Waals surface area contributed by atoms with Crippen molar-refractivity contribution in [3.05, 3.63) is 27.2 Å². The summed E-state index contributed by atoms with van der Waals surface area (Å²) in [5.74, 6) is -1.30. The molecule has 32 heavy (non-hydrogen) atoms. The minimum atomic E-state index is -3.18. The zero-order chi connectivity index (χ0) is 23.8. The highest BCUT2D eigenvalue weighted by atomic mass is 32.2. The molecule has 2 aromatic rings. The second-order valence-electron chi connectivity index (χ2n) is 8.03. The minimum absolute atomic E-state index is 0.0306. The van der Waals surface area contributed by atoms with E-state index < -0.39 is 45.6 Å². The van der Waals surface area contributed by atoms with Gasteiger partial charge in [-0.05, 0) is 19.8 Å². The van der Waals surface area contributed by atoms with Gasteiger partial charge in [-0.1, -0.05) is 6.92 Å². The van der Waals surface area contributed by atoms with Crippen molar-refractivity contribution in [1.82, 2.24) is 23.6 Å². The van der Waals surface area contributed by atoms with Crippen LogP contribution in [0.4, 0.5) is 0 Å². The summed E-state index contributed by atoms with van der Waals surface area (Å²) in [6, 6.07) is -0.649. The third kappa shape index (κ3) is 4.47. The van der Waals surface area contributed by atoms with Crippen LogP contribution in [0.3, 0.4) is 0 Å². The monoisotopic (exact) mass is 469 g/mol. The molecule has 0 bridgehead atoms. The van der Waals surface area contributed by atoms with Gasteiger partial charge < -0.3 is 14.2 Å². The van der Waals surface area contributed by atoms with Gasteiger partial charge in [-0.25, -0.2) is 18.2 Å². The molecule has 1 fully saturated rings. The lowest BCUT2D eigenvalue weighted by molar-refractivity contribution is -0.154. The summed E-state index contributed by atoms with van der Waals surface area (Å²) < 4.78 is 32.2. The van der Waals surface area contributed by atoms with Crippen molar-refractivity contribution in [3.8, 4) is 0 Å². The number of rotatable bonds is 7.